The highest BCUT2D eigenvalue weighted by molar-refractivity contribution is 14.1. The molecule has 1 fully saturated rings. The van der Waals surface area contributed by atoms with Crippen LogP contribution in [0.4, 0.5) is 5.69 Å². The second kappa shape index (κ2) is 7.51. The van der Waals surface area contributed by atoms with Gasteiger partial charge in [0.2, 0.25) is 0 Å². The summed E-state index contributed by atoms with van der Waals surface area (Å²) >= 11 is 2.04. The molecule has 1 N–H and O–H groups in total. The number of rotatable bonds is 5. The van der Waals surface area contributed by atoms with Crippen LogP contribution in [-0.4, -0.2) is 17.4 Å². The summed E-state index contributed by atoms with van der Waals surface area (Å²) in [5.41, 5.74) is 1.50. The first-order valence-corrected chi connectivity index (χ1v) is 9.37. The zero-order valence-electron chi connectivity index (χ0n) is 13.7. The molecule has 25 heavy (non-hydrogen) atoms. The average Bonchev–Trinajstić information content (AvgIpc) is 3.11. The lowest BCUT2D eigenvalue weighted by Gasteiger charge is -2.30. The van der Waals surface area contributed by atoms with Crippen molar-refractivity contribution in [2.75, 3.05) is 6.54 Å². The topological polar surface area (TPSA) is 72.2 Å². The Balaban J connectivity index is 1.79. The molecule has 0 atom stereocenters. The predicted octanol–water partition coefficient (Wildman–Crippen LogP) is 4.44. The first kappa shape index (κ1) is 17.8. The fourth-order valence-corrected chi connectivity index (χ4v) is 4.14. The van der Waals surface area contributed by atoms with E-state index < -0.39 is 4.92 Å². The van der Waals surface area contributed by atoms with Crippen LogP contribution < -0.4 is 5.32 Å². The van der Waals surface area contributed by atoms with E-state index in [1.54, 1.807) is 6.07 Å². The molecule has 6 heteroatoms. The number of non-ortho nitro benzene ring substituents is 1. The third-order valence-corrected chi connectivity index (χ3v) is 5.88. The Hall–Kier alpha value is -1.96. The maximum atomic E-state index is 12.6. The molecule has 1 aliphatic carbocycles. The van der Waals surface area contributed by atoms with Crippen LogP contribution in [0.2, 0.25) is 0 Å². The van der Waals surface area contributed by atoms with E-state index in [9.17, 15) is 14.9 Å². The van der Waals surface area contributed by atoms with Gasteiger partial charge in [-0.2, -0.15) is 0 Å². The van der Waals surface area contributed by atoms with E-state index in [0.29, 0.717) is 15.7 Å². The van der Waals surface area contributed by atoms with E-state index >= 15 is 0 Å². The number of hydrogen-bond donors (Lipinski definition) is 1. The summed E-state index contributed by atoms with van der Waals surface area (Å²) in [7, 11) is 0. The van der Waals surface area contributed by atoms with Crippen LogP contribution >= 0.6 is 22.6 Å². The van der Waals surface area contributed by atoms with Crippen molar-refractivity contribution in [3.8, 4) is 0 Å². The minimum absolute atomic E-state index is 0.0386. The molecule has 1 amide bonds. The molecule has 1 aliphatic rings. The average molecular weight is 450 g/mol. The number of nitro groups is 1. The minimum Gasteiger partial charge on any atom is -0.351 e. The van der Waals surface area contributed by atoms with Gasteiger partial charge in [-0.05, 0) is 47.1 Å². The molecule has 0 aromatic heterocycles. The molecule has 0 unspecified atom stereocenters. The lowest BCUT2D eigenvalue weighted by Crippen LogP contribution is -2.39. The number of amides is 1. The molecule has 130 valence electrons. The first-order valence-electron chi connectivity index (χ1n) is 8.29. The highest BCUT2D eigenvalue weighted by atomic mass is 127. The van der Waals surface area contributed by atoms with Gasteiger partial charge in [0.25, 0.3) is 11.6 Å². The van der Waals surface area contributed by atoms with Crippen LogP contribution in [0.15, 0.2) is 48.5 Å². The summed E-state index contributed by atoms with van der Waals surface area (Å²) in [4.78, 5) is 23.1. The molecular formula is C19H19IN2O3. The van der Waals surface area contributed by atoms with Crippen LogP contribution in [-0.2, 0) is 5.41 Å². The van der Waals surface area contributed by atoms with Crippen molar-refractivity contribution in [2.24, 2.45) is 0 Å². The fourth-order valence-electron chi connectivity index (χ4n) is 3.56. The molecule has 2 aromatic rings. The lowest BCUT2D eigenvalue weighted by atomic mass is 9.79. The van der Waals surface area contributed by atoms with Crippen molar-refractivity contribution in [2.45, 2.75) is 31.1 Å². The van der Waals surface area contributed by atoms with Crippen LogP contribution in [0, 0.1) is 13.7 Å². The smallest absolute Gasteiger partial charge is 0.270 e. The van der Waals surface area contributed by atoms with Gasteiger partial charge in [-0.25, -0.2) is 0 Å². The Labute approximate surface area is 160 Å². The molecular weight excluding hydrogens is 431 g/mol. The van der Waals surface area contributed by atoms with Crippen LogP contribution in [0.25, 0.3) is 0 Å². The third kappa shape index (κ3) is 3.84. The summed E-state index contributed by atoms with van der Waals surface area (Å²) < 4.78 is 0.709. The Bertz CT molecular complexity index is 787. The molecule has 0 bridgehead atoms. The van der Waals surface area contributed by atoms with Gasteiger partial charge in [0.1, 0.15) is 0 Å². The monoisotopic (exact) mass is 450 g/mol. The van der Waals surface area contributed by atoms with Crippen molar-refractivity contribution in [1.29, 1.82) is 0 Å². The molecule has 5 nitrogen and oxygen atoms in total. The van der Waals surface area contributed by atoms with Gasteiger partial charge in [0, 0.05) is 27.7 Å². The fraction of sp³-hybridized carbons (Fsp3) is 0.316. The number of carbonyl (C=O) groups is 1. The van der Waals surface area contributed by atoms with E-state index in [-0.39, 0.29) is 17.0 Å². The Kier molecular flexibility index (Phi) is 5.36. The highest BCUT2D eigenvalue weighted by Crippen LogP contribution is 2.40. The number of nitrogens with one attached hydrogen (secondary N) is 1. The normalized spacial score (nSPS) is 15.7. The van der Waals surface area contributed by atoms with Crippen LogP contribution in [0.5, 0.6) is 0 Å². The first-order chi connectivity index (χ1) is 12.0. The minimum atomic E-state index is -0.477. The van der Waals surface area contributed by atoms with Gasteiger partial charge >= 0.3 is 0 Å². The highest BCUT2D eigenvalue weighted by Gasteiger charge is 2.36. The number of benzene rings is 2. The molecule has 0 aliphatic heterocycles. The number of halogens is 1. The maximum Gasteiger partial charge on any atom is 0.270 e. The predicted molar refractivity (Wildman–Crippen MR) is 105 cm³/mol. The van der Waals surface area contributed by atoms with Gasteiger partial charge < -0.3 is 5.32 Å². The Morgan fingerprint density at radius 2 is 1.84 bits per heavy atom. The van der Waals surface area contributed by atoms with E-state index in [1.165, 1.54) is 17.7 Å². The summed E-state index contributed by atoms with van der Waals surface area (Å²) in [6.45, 7) is 0.550. The van der Waals surface area contributed by atoms with Crippen molar-refractivity contribution < 1.29 is 9.72 Å². The van der Waals surface area contributed by atoms with E-state index in [0.717, 1.165) is 25.7 Å². The number of carbonyl (C=O) groups excluding carboxylic acids is 1. The van der Waals surface area contributed by atoms with Gasteiger partial charge in [-0.3, -0.25) is 14.9 Å². The maximum absolute atomic E-state index is 12.6. The summed E-state index contributed by atoms with van der Waals surface area (Å²) in [5.74, 6) is -0.254. The SMILES string of the molecule is O=C(NCC1(c2ccccc2)CCCC1)c1cc([N+](=O)[O-])ccc1I. The van der Waals surface area contributed by atoms with E-state index in [1.807, 2.05) is 40.8 Å². The zero-order valence-corrected chi connectivity index (χ0v) is 15.9. The molecule has 1 saturated carbocycles. The molecule has 0 heterocycles. The van der Waals surface area contributed by atoms with Crippen molar-refractivity contribution in [3.63, 3.8) is 0 Å². The van der Waals surface area contributed by atoms with Crippen molar-refractivity contribution >= 4 is 34.2 Å². The number of nitro benzene ring substituents is 1. The van der Waals surface area contributed by atoms with Gasteiger partial charge in [-0.1, -0.05) is 43.2 Å². The summed E-state index contributed by atoms with van der Waals surface area (Å²) in [6, 6.07) is 14.7. The molecule has 0 saturated heterocycles. The Morgan fingerprint density at radius 1 is 1.16 bits per heavy atom. The van der Waals surface area contributed by atoms with Crippen LogP contribution in [0.3, 0.4) is 0 Å². The quantitative estimate of drug-likeness (QED) is 0.416. The zero-order chi connectivity index (χ0) is 17.9. The van der Waals surface area contributed by atoms with Gasteiger partial charge in [-0.15, -0.1) is 0 Å². The standard InChI is InChI=1S/C19H19IN2O3/c20-17-9-8-15(22(24)25)12-16(17)18(23)21-13-19(10-4-5-11-19)14-6-2-1-3-7-14/h1-3,6-9,12H,4-5,10-11,13H2,(H,21,23). The van der Waals surface area contributed by atoms with Crippen molar-refractivity contribution in [3.05, 3.63) is 73.3 Å². The number of nitrogens with zero attached hydrogens (tertiary/aromatic N) is 1. The number of hydrogen-bond acceptors (Lipinski definition) is 3. The molecule has 0 spiro atoms. The van der Waals surface area contributed by atoms with Gasteiger partial charge in [0.05, 0.1) is 10.5 Å². The van der Waals surface area contributed by atoms with E-state index in [2.05, 4.69) is 17.4 Å². The summed E-state index contributed by atoms with van der Waals surface area (Å²) in [5, 5.41) is 14.0. The lowest BCUT2D eigenvalue weighted by molar-refractivity contribution is -0.384. The van der Waals surface area contributed by atoms with E-state index in [4.69, 9.17) is 0 Å². The third-order valence-electron chi connectivity index (χ3n) is 4.94. The molecule has 0 radical (unpaired) electrons. The molecule has 3 rings (SSSR count). The van der Waals surface area contributed by atoms with Gasteiger partial charge in [0.15, 0.2) is 0 Å². The summed E-state index contributed by atoms with van der Waals surface area (Å²) in [6.07, 6.45) is 4.39. The van der Waals surface area contributed by atoms with Crippen molar-refractivity contribution in [1.82, 2.24) is 5.32 Å². The second-order valence-corrected chi connectivity index (χ2v) is 7.62. The Morgan fingerprint density at radius 3 is 2.48 bits per heavy atom. The second-order valence-electron chi connectivity index (χ2n) is 6.46. The molecule has 2 aromatic carbocycles. The van der Waals surface area contributed by atoms with Crippen LogP contribution in [0.1, 0.15) is 41.6 Å². The largest absolute Gasteiger partial charge is 0.351 e.